The van der Waals surface area contributed by atoms with Gasteiger partial charge in [-0.3, -0.25) is 10.2 Å². The number of hydrazine groups is 1. The summed E-state index contributed by atoms with van der Waals surface area (Å²) >= 11 is 0. The number of unbranched alkanes of at least 4 members (excludes halogenated alkanes) is 10. The lowest BCUT2D eigenvalue weighted by molar-refractivity contribution is -0.126. The van der Waals surface area contributed by atoms with E-state index >= 15 is 0 Å². The smallest absolute Gasteiger partial charge is 0.234 e. The summed E-state index contributed by atoms with van der Waals surface area (Å²) < 4.78 is 0. The van der Waals surface area contributed by atoms with Gasteiger partial charge in [-0.1, -0.05) is 71.1 Å². The molecule has 0 aromatic rings. The lowest BCUT2D eigenvalue weighted by Crippen LogP contribution is -2.52. The Morgan fingerprint density at radius 3 is 1.78 bits per heavy atom. The summed E-state index contributed by atoms with van der Waals surface area (Å²) in [6, 6.07) is 0. The molecule has 1 saturated heterocycles. The maximum atomic E-state index is 11.9. The fraction of sp³-hybridized carbons (Fsp3) is 0.947. The molecule has 1 rings (SSSR count). The molecule has 1 heterocycles. The third kappa shape index (κ3) is 11.5. The number of hydrogen-bond acceptors (Lipinski definition) is 3. The van der Waals surface area contributed by atoms with Crippen LogP contribution in [0.5, 0.6) is 0 Å². The fourth-order valence-corrected chi connectivity index (χ4v) is 3.10. The van der Waals surface area contributed by atoms with Crippen LogP contribution in [0.4, 0.5) is 0 Å². The summed E-state index contributed by atoms with van der Waals surface area (Å²) in [5, 5.41) is 2.07. The van der Waals surface area contributed by atoms with Crippen LogP contribution in [-0.4, -0.2) is 49.0 Å². The second-order valence-corrected chi connectivity index (χ2v) is 7.11. The van der Waals surface area contributed by atoms with Crippen molar-refractivity contribution in [3.63, 3.8) is 0 Å². The molecule has 0 radical (unpaired) electrons. The Bertz CT molecular complexity index is 288. The van der Waals surface area contributed by atoms with Crippen LogP contribution in [0, 0.1) is 0 Å². The first kappa shape index (κ1) is 20.4. The van der Waals surface area contributed by atoms with E-state index in [9.17, 15) is 4.79 Å². The Hall–Kier alpha value is -0.610. The van der Waals surface area contributed by atoms with E-state index in [4.69, 9.17) is 0 Å². The first-order valence-corrected chi connectivity index (χ1v) is 9.95. The predicted octanol–water partition coefficient (Wildman–Crippen LogP) is 3.97. The molecule has 0 saturated carbocycles. The van der Waals surface area contributed by atoms with E-state index < -0.39 is 0 Å². The predicted molar refractivity (Wildman–Crippen MR) is 98.3 cm³/mol. The second-order valence-electron chi connectivity index (χ2n) is 7.11. The van der Waals surface area contributed by atoms with Crippen LogP contribution in [-0.2, 0) is 4.79 Å². The average Bonchev–Trinajstić information content (AvgIpc) is 2.55. The monoisotopic (exact) mass is 325 g/mol. The number of rotatable bonds is 13. The van der Waals surface area contributed by atoms with Crippen molar-refractivity contribution in [3.05, 3.63) is 0 Å². The van der Waals surface area contributed by atoms with E-state index in [1.165, 1.54) is 64.2 Å². The van der Waals surface area contributed by atoms with Crippen molar-refractivity contribution in [3.8, 4) is 0 Å². The lowest BCUT2D eigenvalue weighted by atomic mass is 10.1. The molecule has 1 aliphatic rings. The van der Waals surface area contributed by atoms with Crippen LogP contribution < -0.4 is 5.43 Å². The normalized spacial score (nSPS) is 16.6. The highest BCUT2D eigenvalue weighted by Gasteiger charge is 2.15. The Labute approximate surface area is 144 Å². The van der Waals surface area contributed by atoms with Crippen molar-refractivity contribution in [2.45, 2.75) is 84.0 Å². The summed E-state index contributed by atoms with van der Waals surface area (Å²) in [7, 11) is 2.13. The molecule has 1 N–H and O–H groups in total. The summed E-state index contributed by atoms with van der Waals surface area (Å²) in [5.41, 5.74) is 3.04. The van der Waals surface area contributed by atoms with Gasteiger partial charge in [0.05, 0.1) is 0 Å². The number of nitrogens with one attached hydrogen (secondary N) is 1. The number of hydrogen-bond donors (Lipinski definition) is 1. The van der Waals surface area contributed by atoms with Gasteiger partial charge < -0.3 is 4.90 Å². The molecule has 4 heteroatoms. The minimum Gasteiger partial charge on any atom is -0.304 e. The summed E-state index contributed by atoms with van der Waals surface area (Å²) in [4.78, 5) is 14.2. The first-order valence-electron chi connectivity index (χ1n) is 9.95. The molecule has 1 amide bonds. The maximum Gasteiger partial charge on any atom is 0.234 e. The topological polar surface area (TPSA) is 35.6 Å². The van der Waals surface area contributed by atoms with Crippen LogP contribution >= 0.6 is 0 Å². The molecule has 0 spiro atoms. The van der Waals surface area contributed by atoms with Gasteiger partial charge in [0.15, 0.2) is 0 Å². The molecule has 0 bridgehead atoms. The molecular weight excluding hydrogens is 286 g/mol. The van der Waals surface area contributed by atoms with E-state index in [1.807, 2.05) is 0 Å². The third-order valence-electron chi connectivity index (χ3n) is 4.79. The van der Waals surface area contributed by atoms with E-state index in [0.29, 0.717) is 6.42 Å². The molecule has 0 aromatic heterocycles. The molecule has 0 unspecified atom stereocenters. The minimum absolute atomic E-state index is 0.200. The van der Waals surface area contributed by atoms with Gasteiger partial charge in [-0.05, 0) is 13.5 Å². The van der Waals surface area contributed by atoms with Gasteiger partial charge in [0.25, 0.3) is 0 Å². The Morgan fingerprint density at radius 2 is 1.26 bits per heavy atom. The molecule has 136 valence electrons. The van der Waals surface area contributed by atoms with Gasteiger partial charge >= 0.3 is 0 Å². The zero-order valence-electron chi connectivity index (χ0n) is 15.6. The summed E-state index contributed by atoms with van der Waals surface area (Å²) in [6.45, 7) is 6.24. The number of likely N-dealkylation sites (N-methyl/N-ethyl adjacent to an activating group) is 1. The number of amides is 1. The number of piperazine rings is 1. The summed E-state index contributed by atoms with van der Waals surface area (Å²) in [5.74, 6) is 0.200. The largest absolute Gasteiger partial charge is 0.304 e. The van der Waals surface area contributed by atoms with E-state index in [-0.39, 0.29) is 5.91 Å². The van der Waals surface area contributed by atoms with Crippen LogP contribution in [0.2, 0.25) is 0 Å². The van der Waals surface area contributed by atoms with E-state index in [0.717, 1.165) is 32.6 Å². The highest BCUT2D eigenvalue weighted by Crippen LogP contribution is 2.11. The van der Waals surface area contributed by atoms with Crippen LogP contribution in [0.1, 0.15) is 84.0 Å². The van der Waals surface area contributed by atoms with Gasteiger partial charge in [0.1, 0.15) is 0 Å². The van der Waals surface area contributed by atoms with E-state index in [1.54, 1.807) is 0 Å². The van der Waals surface area contributed by atoms with Gasteiger partial charge in [-0.2, -0.15) is 0 Å². The van der Waals surface area contributed by atoms with Crippen molar-refractivity contribution in [1.82, 2.24) is 15.3 Å². The zero-order valence-corrected chi connectivity index (χ0v) is 15.6. The van der Waals surface area contributed by atoms with Crippen LogP contribution in [0.25, 0.3) is 0 Å². The standard InChI is InChI=1S/C19H39N3O/c1-3-4-5-6-7-8-9-10-11-12-13-14-19(23)20-22-17-15-21(2)16-18-22/h3-18H2,1-2H3,(H,20,23). The quantitative estimate of drug-likeness (QED) is 0.521. The molecule has 0 aromatic carbocycles. The molecule has 23 heavy (non-hydrogen) atoms. The van der Waals surface area contributed by atoms with Crippen molar-refractivity contribution in [2.24, 2.45) is 0 Å². The third-order valence-corrected chi connectivity index (χ3v) is 4.79. The van der Waals surface area contributed by atoms with Gasteiger partial charge in [-0.25, -0.2) is 5.01 Å². The zero-order chi connectivity index (χ0) is 16.8. The van der Waals surface area contributed by atoms with Gasteiger partial charge in [0, 0.05) is 32.6 Å². The number of nitrogens with zero attached hydrogens (tertiary/aromatic N) is 2. The molecular formula is C19H39N3O. The van der Waals surface area contributed by atoms with Crippen LogP contribution in [0.3, 0.4) is 0 Å². The summed E-state index contributed by atoms with van der Waals surface area (Å²) in [6.07, 6.45) is 15.3. The SMILES string of the molecule is CCCCCCCCCCCCCC(=O)NN1CCN(C)CC1. The number of carbonyl (C=O) groups is 1. The van der Waals surface area contributed by atoms with Crippen molar-refractivity contribution in [2.75, 3.05) is 33.2 Å². The minimum atomic E-state index is 0.200. The Morgan fingerprint density at radius 1 is 0.783 bits per heavy atom. The highest BCUT2D eigenvalue weighted by atomic mass is 16.2. The fourth-order valence-electron chi connectivity index (χ4n) is 3.10. The van der Waals surface area contributed by atoms with E-state index in [2.05, 4.69) is 29.3 Å². The Balaban J connectivity index is 1.82. The highest BCUT2D eigenvalue weighted by molar-refractivity contribution is 5.75. The van der Waals surface area contributed by atoms with Gasteiger partial charge in [0.2, 0.25) is 5.91 Å². The Kier molecular flexibility index (Phi) is 12.3. The molecule has 1 fully saturated rings. The molecule has 0 aliphatic carbocycles. The lowest BCUT2D eigenvalue weighted by Gasteiger charge is -2.32. The van der Waals surface area contributed by atoms with Crippen molar-refractivity contribution in [1.29, 1.82) is 0 Å². The molecule has 4 nitrogen and oxygen atoms in total. The first-order chi connectivity index (χ1) is 11.2. The van der Waals surface area contributed by atoms with Crippen LogP contribution in [0.15, 0.2) is 0 Å². The van der Waals surface area contributed by atoms with Crippen molar-refractivity contribution < 1.29 is 4.79 Å². The molecule has 1 aliphatic heterocycles. The maximum absolute atomic E-state index is 11.9. The van der Waals surface area contributed by atoms with Gasteiger partial charge in [-0.15, -0.1) is 0 Å². The second kappa shape index (κ2) is 13.8. The molecule has 0 atom stereocenters. The average molecular weight is 326 g/mol. The number of carbonyl (C=O) groups excluding carboxylic acids is 1. The van der Waals surface area contributed by atoms with Crippen molar-refractivity contribution >= 4 is 5.91 Å².